The van der Waals surface area contributed by atoms with Gasteiger partial charge < -0.3 is 19.9 Å². The fourth-order valence-corrected chi connectivity index (χ4v) is 2.31. The number of nitrogens with zero attached hydrogens (tertiary/aromatic N) is 4. The number of hydrogen-bond donors (Lipinski definition) is 2. The Labute approximate surface area is 150 Å². The van der Waals surface area contributed by atoms with Gasteiger partial charge in [0.1, 0.15) is 5.75 Å². The van der Waals surface area contributed by atoms with Gasteiger partial charge in [-0.25, -0.2) is 4.79 Å². The number of carbonyl (C=O) groups is 1. The normalized spacial score (nSPS) is 10.5. The molecule has 0 aliphatic rings. The van der Waals surface area contributed by atoms with E-state index in [2.05, 4.69) is 25.9 Å². The van der Waals surface area contributed by atoms with Crippen LogP contribution in [0.3, 0.4) is 0 Å². The highest BCUT2D eigenvalue weighted by Crippen LogP contribution is 2.14. The van der Waals surface area contributed by atoms with Crippen LogP contribution in [0, 0.1) is 0 Å². The summed E-state index contributed by atoms with van der Waals surface area (Å²) in [6, 6.07) is 7.43. The van der Waals surface area contributed by atoms with Gasteiger partial charge in [0.25, 0.3) is 0 Å². The summed E-state index contributed by atoms with van der Waals surface area (Å²) in [6.45, 7) is 0.671. The quantitative estimate of drug-likeness (QED) is 0.665. The highest BCUT2D eigenvalue weighted by molar-refractivity contribution is 5.73. The first-order valence-electron chi connectivity index (χ1n) is 8.10. The molecule has 0 bridgehead atoms. The number of ether oxygens (including phenoxy) is 1. The van der Waals surface area contributed by atoms with Crippen LogP contribution in [0.15, 0.2) is 41.2 Å². The minimum Gasteiger partial charge on any atom is -0.497 e. The summed E-state index contributed by atoms with van der Waals surface area (Å²) in [6.07, 6.45) is 4.16. The van der Waals surface area contributed by atoms with Gasteiger partial charge in [0.05, 0.1) is 25.4 Å². The van der Waals surface area contributed by atoms with Crippen LogP contribution < -0.4 is 15.4 Å². The predicted octanol–water partition coefficient (Wildman–Crippen LogP) is 1.52. The van der Waals surface area contributed by atoms with Gasteiger partial charge in [-0.3, -0.25) is 4.68 Å². The molecule has 0 radical (unpaired) electrons. The summed E-state index contributed by atoms with van der Waals surface area (Å²) in [5.41, 5.74) is 1.87. The second-order valence-corrected chi connectivity index (χ2v) is 5.62. The van der Waals surface area contributed by atoms with Crippen molar-refractivity contribution >= 4 is 6.03 Å². The average Bonchev–Trinajstić information content (AvgIpc) is 3.29. The molecular formula is C17H20N6O3. The summed E-state index contributed by atoms with van der Waals surface area (Å²) >= 11 is 0. The molecule has 136 valence electrons. The van der Waals surface area contributed by atoms with Gasteiger partial charge in [0.15, 0.2) is 0 Å². The van der Waals surface area contributed by atoms with Crippen LogP contribution in [-0.4, -0.2) is 39.6 Å². The Kier molecular flexibility index (Phi) is 5.47. The maximum atomic E-state index is 11.8. The number of nitrogens with one attached hydrogen (secondary N) is 2. The molecule has 2 aromatic heterocycles. The summed E-state index contributed by atoms with van der Waals surface area (Å²) in [5.74, 6) is 1.58. The Morgan fingerprint density at radius 2 is 2.08 bits per heavy atom. The third-order valence-electron chi connectivity index (χ3n) is 3.69. The zero-order chi connectivity index (χ0) is 18.4. The monoisotopic (exact) mass is 356 g/mol. The van der Waals surface area contributed by atoms with E-state index in [1.807, 2.05) is 31.3 Å². The summed E-state index contributed by atoms with van der Waals surface area (Å²) in [5, 5.41) is 13.4. The van der Waals surface area contributed by atoms with E-state index in [1.165, 1.54) is 0 Å². The molecule has 0 aliphatic heterocycles. The van der Waals surface area contributed by atoms with Crippen LogP contribution in [0.2, 0.25) is 0 Å². The first-order valence-corrected chi connectivity index (χ1v) is 8.10. The van der Waals surface area contributed by atoms with Crippen molar-refractivity contribution in [1.29, 1.82) is 0 Å². The van der Waals surface area contributed by atoms with Crippen molar-refractivity contribution < 1.29 is 14.1 Å². The molecule has 0 saturated carbocycles. The van der Waals surface area contributed by atoms with Crippen LogP contribution >= 0.6 is 0 Å². The largest absolute Gasteiger partial charge is 0.497 e. The minimum absolute atomic E-state index is 0.154. The molecule has 0 spiro atoms. The maximum absolute atomic E-state index is 11.8. The molecular weight excluding hydrogens is 336 g/mol. The molecule has 0 saturated heterocycles. The van der Waals surface area contributed by atoms with Gasteiger partial charge in [-0.2, -0.15) is 10.1 Å². The lowest BCUT2D eigenvalue weighted by atomic mass is 10.1. The second-order valence-electron chi connectivity index (χ2n) is 5.62. The number of hydrogen-bond acceptors (Lipinski definition) is 6. The first-order chi connectivity index (χ1) is 12.6. The van der Waals surface area contributed by atoms with Crippen molar-refractivity contribution in [1.82, 2.24) is 30.6 Å². The van der Waals surface area contributed by atoms with Crippen LogP contribution in [-0.2, 0) is 20.0 Å². The van der Waals surface area contributed by atoms with Crippen molar-refractivity contribution in [2.45, 2.75) is 13.0 Å². The number of amides is 2. The number of carbonyl (C=O) groups excluding carboxylic acids is 1. The standard InChI is InChI=1S/C17H20N6O3/c1-23-11-13(9-20-23)16-21-15(26-22-16)10-19-17(24)18-8-7-12-3-5-14(25-2)6-4-12/h3-6,9,11H,7-8,10H2,1-2H3,(H2,18,19,24). The second kappa shape index (κ2) is 8.15. The Morgan fingerprint density at radius 3 is 2.77 bits per heavy atom. The predicted molar refractivity (Wildman–Crippen MR) is 93.4 cm³/mol. The highest BCUT2D eigenvalue weighted by Gasteiger charge is 2.11. The van der Waals surface area contributed by atoms with Crippen LogP contribution in [0.5, 0.6) is 5.75 Å². The molecule has 0 unspecified atom stereocenters. The third kappa shape index (κ3) is 4.59. The first kappa shape index (κ1) is 17.5. The van der Waals surface area contributed by atoms with E-state index in [0.29, 0.717) is 18.3 Å². The van der Waals surface area contributed by atoms with Crippen molar-refractivity contribution in [2.24, 2.45) is 7.05 Å². The topological polar surface area (TPSA) is 107 Å². The Bertz CT molecular complexity index is 856. The summed E-state index contributed by atoms with van der Waals surface area (Å²) in [4.78, 5) is 16.1. The average molecular weight is 356 g/mol. The Morgan fingerprint density at radius 1 is 1.27 bits per heavy atom. The summed E-state index contributed by atoms with van der Waals surface area (Å²) in [7, 11) is 3.44. The smallest absolute Gasteiger partial charge is 0.315 e. The van der Waals surface area contributed by atoms with E-state index in [0.717, 1.165) is 23.3 Å². The SMILES string of the molecule is COc1ccc(CCNC(=O)NCc2nc(-c3cnn(C)c3)no2)cc1. The molecule has 9 heteroatoms. The molecule has 0 atom stereocenters. The number of benzene rings is 1. The minimum atomic E-state index is -0.292. The fraction of sp³-hybridized carbons (Fsp3) is 0.294. The van der Waals surface area contributed by atoms with Gasteiger partial charge in [0.2, 0.25) is 11.7 Å². The molecule has 3 rings (SSSR count). The highest BCUT2D eigenvalue weighted by atomic mass is 16.5. The molecule has 0 aliphatic carbocycles. The van der Waals surface area contributed by atoms with Crippen LogP contribution in [0.4, 0.5) is 4.79 Å². The van der Waals surface area contributed by atoms with Crippen LogP contribution in [0.25, 0.3) is 11.4 Å². The molecule has 2 N–H and O–H groups in total. The molecule has 9 nitrogen and oxygen atoms in total. The molecule has 26 heavy (non-hydrogen) atoms. The molecule has 1 aromatic carbocycles. The molecule has 3 aromatic rings. The van der Waals surface area contributed by atoms with E-state index in [-0.39, 0.29) is 12.6 Å². The van der Waals surface area contributed by atoms with Crippen molar-refractivity contribution in [3.63, 3.8) is 0 Å². The van der Waals surface area contributed by atoms with E-state index in [4.69, 9.17) is 9.26 Å². The zero-order valence-corrected chi connectivity index (χ0v) is 14.6. The fourth-order valence-electron chi connectivity index (χ4n) is 2.31. The number of rotatable bonds is 7. The Balaban J connectivity index is 1.40. The van der Waals surface area contributed by atoms with Crippen molar-refractivity contribution in [3.8, 4) is 17.1 Å². The number of aryl methyl sites for hydroxylation is 1. The molecule has 2 amide bonds. The Hall–Kier alpha value is -3.36. The lowest BCUT2D eigenvalue weighted by Crippen LogP contribution is -2.36. The zero-order valence-electron chi connectivity index (χ0n) is 14.6. The third-order valence-corrected chi connectivity index (χ3v) is 3.69. The van der Waals surface area contributed by atoms with Gasteiger partial charge in [-0.1, -0.05) is 17.3 Å². The van der Waals surface area contributed by atoms with Crippen molar-refractivity contribution in [3.05, 3.63) is 48.1 Å². The van der Waals surface area contributed by atoms with E-state index in [1.54, 1.807) is 24.2 Å². The molecule has 0 fully saturated rings. The van der Waals surface area contributed by atoms with Gasteiger partial charge in [-0.05, 0) is 24.1 Å². The maximum Gasteiger partial charge on any atom is 0.315 e. The van der Waals surface area contributed by atoms with Gasteiger partial charge >= 0.3 is 6.03 Å². The van der Waals surface area contributed by atoms with E-state index in [9.17, 15) is 4.79 Å². The molecule has 2 heterocycles. The lowest BCUT2D eigenvalue weighted by molar-refractivity contribution is 0.238. The number of aromatic nitrogens is 4. The van der Waals surface area contributed by atoms with E-state index < -0.39 is 0 Å². The van der Waals surface area contributed by atoms with Crippen LogP contribution in [0.1, 0.15) is 11.5 Å². The number of methoxy groups -OCH3 is 1. The summed E-state index contributed by atoms with van der Waals surface area (Å²) < 4.78 is 11.9. The van der Waals surface area contributed by atoms with Gasteiger partial charge in [-0.15, -0.1) is 0 Å². The lowest BCUT2D eigenvalue weighted by Gasteiger charge is -2.06. The number of urea groups is 1. The van der Waals surface area contributed by atoms with Crippen molar-refractivity contribution in [2.75, 3.05) is 13.7 Å². The van der Waals surface area contributed by atoms with Gasteiger partial charge in [0, 0.05) is 19.8 Å². The van der Waals surface area contributed by atoms with E-state index >= 15 is 0 Å².